The number of hydrogen-bond donors (Lipinski definition) is 1. The highest BCUT2D eigenvalue weighted by Gasteiger charge is 2.18. The Balaban J connectivity index is 2.12. The lowest BCUT2D eigenvalue weighted by Crippen LogP contribution is -2.16. The van der Waals surface area contributed by atoms with Crippen LogP contribution < -0.4 is 10.5 Å². The average Bonchev–Trinajstić information content (AvgIpc) is 2.73. The molecule has 0 bridgehead atoms. The standard InChI is InChI=1S/C11H12ClNO2S/c12-9-5-7(11(13)16)1-2-10(9)15-8-3-4-14-6-8/h1-2,5,8H,3-4,6H2,(H2,13,16). The monoisotopic (exact) mass is 257 g/mol. The molecule has 1 aromatic carbocycles. The zero-order valence-corrected chi connectivity index (χ0v) is 10.2. The molecule has 0 amide bonds. The zero-order valence-electron chi connectivity index (χ0n) is 8.61. The maximum atomic E-state index is 6.07. The molecule has 0 spiro atoms. The fourth-order valence-electron chi connectivity index (χ4n) is 1.54. The Labute approximate surface area is 104 Å². The van der Waals surface area contributed by atoms with Crippen molar-refractivity contribution in [3.8, 4) is 5.75 Å². The molecule has 1 aliphatic rings. The third-order valence-corrected chi connectivity index (χ3v) is 2.93. The van der Waals surface area contributed by atoms with Crippen molar-refractivity contribution >= 4 is 28.8 Å². The van der Waals surface area contributed by atoms with Crippen LogP contribution >= 0.6 is 23.8 Å². The fraction of sp³-hybridized carbons (Fsp3) is 0.364. The molecule has 5 heteroatoms. The molecule has 1 aliphatic heterocycles. The molecule has 1 heterocycles. The first kappa shape index (κ1) is 11.6. The van der Waals surface area contributed by atoms with Crippen LogP contribution in [0.3, 0.4) is 0 Å². The van der Waals surface area contributed by atoms with E-state index in [-0.39, 0.29) is 6.10 Å². The second-order valence-corrected chi connectivity index (χ2v) is 4.46. The van der Waals surface area contributed by atoms with Crippen molar-refractivity contribution < 1.29 is 9.47 Å². The van der Waals surface area contributed by atoms with E-state index in [0.29, 0.717) is 22.4 Å². The highest BCUT2D eigenvalue weighted by molar-refractivity contribution is 7.80. The zero-order chi connectivity index (χ0) is 11.5. The maximum Gasteiger partial charge on any atom is 0.138 e. The Morgan fingerprint density at radius 2 is 2.38 bits per heavy atom. The van der Waals surface area contributed by atoms with E-state index in [2.05, 4.69) is 0 Å². The van der Waals surface area contributed by atoms with Gasteiger partial charge in [0.25, 0.3) is 0 Å². The predicted octanol–water partition coefficient (Wildman–Crippen LogP) is 2.14. The van der Waals surface area contributed by atoms with Gasteiger partial charge in [-0.1, -0.05) is 23.8 Å². The maximum absolute atomic E-state index is 6.07. The summed E-state index contributed by atoms with van der Waals surface area (Å²) in [5.41, 5.74) is 6.25. The molecule has 1 saturated heterocycles. The molecule has 0 radical (unpaired) electrons. The van der Waals surface area contributed by atoms with Crippen molar-refractivity contribution in [2.45, 2.75) is 12.5 Å². The van der Waals surface area contributed by atoms with Gasteiger partial charge in [0.15, 0.2) is 0 Å². The van der Waals surface area contributed by atoms with Gasteiger partial charge in [-0.15, -0.1) is 0 Å². The number of thiocarbonyl (C=S) groups is 1. The van der Waals surface area contributed by atoms with Crippen LogP contribution in [-0.2, 0) is 4.74 Å². The van der Waals surface area contributed by atoms with Crippen LogP contribution in [0.15, 0.2) is 18.2 Å². The van der Waals surface area contributed by atoms with Crippen molar-refractivity contribution in [1.29, 1.82) is 0 Å². The third kappa shape index (κ3) is 2.64. The molecule has 0 saturated carbocycles. The number of rotatable bonds is 3. The van der Waals surface area contributed by atoms with Crippen LogP contribution in [0.1, 0.15) is 12.0 Å². The van der Waals surface area contributed by atoms with E-state index < -0.39 is 0 Å². The lowest BCUT2D eigenvalue weighted by Gasteiger charge is -2.13. The van der Waals surface area contributed by atoms with Gasteiger partial charge in [-0.05, 0) is 18.2 Å². The van der Waals surface area contributed by atoms with E-state index >= 15 is 0 Å². The summed E-state index contributed by atoms with van der Waals surface area (Å²) in [6, 6.07) is 5.31. The first-order chi connectivity index (χ1) is 7.66. The molecule has 1 fully saturated rings. The van der Waals surface area contributed by atoms with Crippen molar-refractivity contribution in [1.82, 2.24) is 0 Å². The Hall–Kier alpha value is -0.840. The second-order valence-electron chi connectivity index (χ2n) is 3.61. The van der Waals surface area contributed by atoms with E-state index in [1.165, 1.54) is 0 Å². The lowest BCUT2D eigenvalue weighted by molar-refractivity contribution is 0.141. The number of halogens is 1. The number of ether oxygens (including phenoxy) is 2. The SMILES string of the molecule is NC(=S)c1ccc(OC2CCOC2)c(Cl)c1. The highest BCUT2D eigenvalue weighted by atomic mass is 35.5. The van der Waals surface area contributed by atoms with E-state index in [1.54, 1.807) is 18.2 Å². The molecule has 0 aliphatic carbocycles. The lowest BCUT2D eigenvalue weighted by atomic mass is 10.2. The van der Waals surface area contributed by atoms with Crippen molar-refractivity contribution in [3.63, 3.8) is 0 Å². The summed E-state index contributed by atoms with van der Waals surface area (Å²) in [7, 11) is 0. The topological polar surface area (TPSA) is 44.5 Å². The van der Waals surface area contributed by atoms with Gasteiger partial charge < -0.3 is 15.2 Å². The summed E-state index contributed by atoms with van der Waals surface area (Å²) in [4.78, 5) is 0.331. The van der Waals surface area contributed by atoms with E-state index in [1.807, 2.05) is 0 Å². The van der Waals surface area contributed by atoms with Gasteiger partial charge in [0.2, 0.25) is 0 Å². The summed E-state index contributed by atoms with van der Waals surface area (Å²) >= 11 is 10.9. The van der Waals surface area contributed by atoms with Gasteiger partial charge in [0.05, 0.1) is 18.2 Å². The molecule has 1 aromatic rings. The quantitative estimate of drug-likeness (QED) is 0.843. The van der Waals surface area contributed by atoms with Crippen LogP contribution in [0, 0.1) is 0 Å². The van der Waals surface area contributed by atoms with Gasteiger partial charge in [0.1, 0.15) is 16.8 Å². The summed E-state index contributed by atoms with van der Waals surface area (Å²) in [5.74, 6) is 0.650. The van der Waals surface area contributed by atoms with E-state index in [9.17, 15) is 0 Å². The van der Waals surface area contributed by atoms with Crippen molar-refractivity contribution in [3.05, 3.63) is 28.8 Å². The molecule has 0 aromatic heterocycles. The summed E-state index contributed by atoms with van der Waals surface area (Å²) in [6.45, 7) is 1.36. The summed E-state index contributed by atoms with van der Waals surface area (Å²) in [5, 5.41) is 0.525. The minimum atomic E-state index is 0.0909. The van der Waals surface area contributed by atoms with Gasteiger partial charge >= 0.3 is 0 Å². The largest absolute Gasteiger partial charge is 0.486 e. The molecule has 86 valence electrons. The predicted molar refractivity (Wildman–Crippen MR) is 67.2 cm³/mol. The normalized spacial score (nSPS) is 19.7. The molecule has 2 N–H and O–H groups in total. The van der Waals surface area contributed by atoms with Crippen LogP contribution in [0.4, 0.5) is 0 Å². The van der Waals surface area contributed by atoms with Crippen LogP contribution in [0.5, 0.6) is 5.75 Å². The van der Waals surface area contributed by atoms with Crippen molar-refractivity contribution in [2.24, 2.45) is 5.73 Å². The van der Waals surface area contributed by atoms with Crippen LogP contribution in [-0.4, -0.2) is 24.3 Å². The molecule has 1 atom stereocenters. The molecular weight excluding hydrogens is 246 g/mol. The van der Waals surface area contributed by atoms with Gasteiger partial charge in [-0.2, -0.15) is 0 Å². The molecular formula is C11H12ClNO2S. The first-order valence-electron chi connectivity index (χ1n) is 5.00. The van der Waals surface area contributed by atoms with Gasteiger partial charge in [0, 0.05) is 12.0 Å². The smallest absolute Gasteiger partial charge is 0.138 e. The van der Waals surface area contributed by atoms with Gasteiger partial charge in [-0.25, -0.2) is 0 Å². The number of hydrogen-bond acceptors (Lipinski definition) is 3. The summed E-state index contributed by atoms with van der Waals surface area (Å²) < 4.78 is 10.9. The van der Waals surface area contributed by atoms with Crippen LogP contribution in [0.25, 0.3) is 0 Å². The van der Waals surface area contributed by atoms with E-state index in [0.717, 1.165) is 18.6 Å². The Morgan fingerprint density at radius 1 is 1.56 bits per heavy atom. The minimum absolute atomic E-state index is 0.0909. The Bertz CT molecular complexity index is 405. The number of nitrogens with two attached hydrogens (primary N) is 1. The molecule has 3 nitrogen and oxygen atoms in total. The molecule has 2 rings (SSSR count). The Morgan fingerprint density at radius 3 is 2.94 bits per heavy atom. The van der Waals surface area contributed by atoms with Gasteiger partial charge in [-0.3, -0.25) is 0 Å². The highest BCUT2D eigenvalue weighted by Crippen LogP contribution is 2.27. The number of benzene rings is 1. The van der Waals surface area contributed by atoms with Crippen LogP contribution in [0.2, 0.25) is 5.02 Å². The first-order valence-corrected chi connectivity index (χ1v) is 5.79. The third-order valence-electron chi connectivity index (χ3n) is 2.40. The van der Waals surface area contributed by atoms with Crippen molar-refractivity contribution in [2.75, 3.05) is 13.2 Å². The Kier molecular flexibility index (Phi) is 3.63. The second kappa shape index (κ2) is 4.99. The average molecular weight is 258 g/mol. The van der Waals surface area contributed by atoms with E-state index in [4.69, 9.17) is 39.0 Å². The molecule has 1 unspecified atom stereocenters. The molecule has 16 heavy (non-hydrogen) atoms. The summed E-state index contributed by atoms with van der Waals surface area (Å²) in [6.07, 6.45) is 0.987. The minimum Gasteiger partial charge on any atom is -0.486 e. The fourth-order valence-corrected chi connectivity index (χ4v) is 1.89.